The van der Waals surface area contributed by atoms with E-state index in [0.717, 1.165) is 0 Å². The second kappa shape index (κ2) is 11.5. The van der Waals surface area contributed by atoms with Crippen LogP contribution in [0.1, 0.15) is 6.42 Å². The van der Waals surface area contributed by atoms with Gasteiger partial charge in [0.25, 0.3) is 0 Å². The number of alkyl halides is 12. The highest BCUT2D eigenvalue weighted by Crippen LogP contribution is 2.48. The first-order chi connectivity index (χ1) is 15.6. The Kier molecular flexibility index (Phi) is 10.7. The number of ether oxygens (including phenoxy) is 4. The molecule has 0 saturated heterocycles. The van der Waals surface area contributed by atoms with Gasteiger partial charge in [0.2, 0.25) is 0 Å². The third-order valence-electron chi connectivity index (χ3n) is 3.63. The van der Waals surface area contributed by atoms with Gasteiger partial charge in [0.05, 0.1) is 13.2 Å². The van der Waals surface area contributed by atoms with Gasteiger partial charge < -0.3 is 18.9 Å². The third-order valence-corrected chi connectivity index (χ3v) is 3.63. The van der Waals surface area contributed by atoms with E-state index in [9.17, 15) is 62.3 Å². The van der Waals surface area contributed by atoms with E-state index in [1.165, 1.54) is 0 Å². The van der Waals surface area contributed by atoms with Crippen LogP contribution >= 0.6 is 0 Å². The van der Waals surface area contributed by atoms with Crippen molar-refractivity contribution < 1.29 is 81.2 Å². The number of hydrogen-bond acceptors (Lipinski definition) is 6. The lowest BCUT2D eigenvalue weighted by Gasteiger charge is -2.32. The van der Waals surface area contributed by atoms with Crippen molar-refractivity contribution in [3.8, 4) is 0 Å². The molecule has 0 bridgehead atoms. The van der Waals surface area contributed by atoms with Gasteiger partial charge in [-0.2, -0.15) is 52.7 Å². The van der Waals surface area contributed by atoms with Crippen molar-refractivity contribution in [1.29, 1.82) is 0 Å². The molecular formula is C17H16F12O6. The SMILES string of the molecule is C=CC(=O)OCC(F)(F)C(F)(F)C(F)(F)OCCCOC(F)(F)C(F)(F)C(F)(F)COC(=O)C=C. The largest absolute Gasteiger partial charge is 0.456 e. The quantitative estimate of drug-likeness (QED) is 0.123. The molecule has 0 atom stereocenters. The molecule has 0 aromatic rings. The van der Waals surface area contributed by atoms with Crippen LogP contribution in [0.2, 0.25) is 0 Å². The van der Waals surface area contributed by atoms with Gasteiger partial charge in [0.1, 0.15) is 0 Å². The maximum Gasteiger partial charge on any atom is 0.425 e. The van der Waals surface area contributed by atoms with Crippen molar-refractivity contribution in [2.24, 2.45) is 0 Å². The summed E-state index contributed by atoms with van der Waals surface area (Å²) in [6.07, 6.45) is -12.9. The van der Waals surface area contributed by atoms with E-state index in [1.54, 1.807) is 0 Å². The minimum absolute atomic E-state index is 0.256. The van der Waals surface area contributed by atoms with Gasteiger partial charge in [-0.05, 0) is 6.42 Å². The van der Waals surface area contributed by atoms with Gasteiger partial charge in [-0.15, -0.1) is 0 Å². The number of carbonyl (C=O) groups excluding carboxylic acids is 2. The molecule has 0 aliphatic carbocycles. The minimum atomic E-state index is -6.33. The molecule has 0 saturated carbocycles. The predicted octanol–water partition coefficient (Wildman–Crippen LogP) is 4.59. The standard InChI is InChI=1S/C17H16F12O6/c1-3-10(30)32-8-12(18,19)14(22,23)16(26,27)34-6-5-7-35-17(28,29)15(24,25)13(20,21)9-33-11(31)4-2/h3-4H,1-2,5-9H2. The van der Waals surface area contributed by atoms with Crippen LogP contribution in [-0.4, -0.2) is 74.3 Å². The smallest absolute Gasteiger partial charge is 0.425 e. The highest BCUT2D eigenvalue weighted by molar-refractivity contribution is 5.81. The average molecular weight is 544 g/mol. The van der Waals surface area contributed by atoms with E-state index in [4.69, 9.17) is 0 Å². The number of rotatable bonds is 16. The van der Waals surface area contributed by atoms with Gasteiger partial charge in [-0.3, -0.25) is 0 Å². The van der Waals surface area contributed by atoms with Gasteiger partial charge in [0.15, 0.2) is 13.2 Å². The van der Waals surface area contributed by atoms with Gasteiger partial charge in [0, 0.05) is 12.2 Å². The molecule has 18 heteroatoms. The van der Waals surface area contributed by atoms with Crippen LogP contribution in [-0.2, 0) is 28.5 Å². The summed E-state index contributed by atoms with van der Waals surface area (Å²) in [7, 11) is 0. The minimum Gasteiger partial charge on any atom is -0.456 e. The molecule has 0 radical (unpaired) electrons. The van der Waals surface area contributed by atoms with Crippen LogP contribution in [0.5, 0.6) is 0 Å². The van der Waals surface area contributed by atoms with Crippen molar-refractivity contribution in [2.75, 3.05) is 26.4 Å². The van der Waals surface area contributed by atoms with Gasteiger partial charge >= 0.3 is 47.8 Å². The Hall–Kier alpha value is -2.50. The van der Waals surface area contributed by atoms with Crippen LogP contribution in [0.3, 0.4) is 0 Å². The van der Waals surface area contributed by atoms with Crippen LogP contribution in [0.15, 0.2) is 25.3 Å². The molecule has 0 heterocycles. The molecule has 0 aromatic heterocycles. The Morgan fingerprint density at radius 2 is 0.886 bits per heavy atom. The zero-order valence-corrected chi connectivity index (χ0v) is 17.1. The normalized spacial score (nSPS) is 13.8. The topological polar surface area (TPSA) is 71.1 Å². The molecule has 0 aromatic carbocycles. The lowest BCUT2D eigenvalue weighted by Crippen LogP contribution is -2.58. The fourth-order valence-corrected chi connectivity index (χ4v) is 1.69. The third kappa shape index (κ3) is 7.74. The number of carbonyl (C=O) groups is 2. The van der Waals surface area contributed by atoms with Crippen molar-refractivity contribution in [1.82, 2.24) is 0 Å². The zero-order valence-electron chi connectivity index (χ0n) is 17.1. The average Bonchev–Trinajstić information content (AvgIpc) is 2.74. The second-order valence-electron chi connectivity index (χ2n) is 6.27. The molecule has 6 nitrogen and oxygen atoms in total. The molecule has 0 fully saturated rings. The molecular weight excluding hydrogens is 528 g/mol. The molecule has 0 unspecified atom stereocenters. The summed E-state index contributed by atoms with van der Waals surface area (Å²) in [6.45, 7) is -3.18. The lowest BCUT2D eigenvalue weighted by atomic mass is 10.1. The molecule has 35 heavy (non-hydrogen) atoms. The summed E-state index contributed by atoms with van der Waals surface area (Å²) in [6, 6.07) is 0. The Morgan fingerprint density at radius 1 is 0.600 bits per heavy atom. The number of esters is 2. The molecule has 0 amide bonds. The first kappa shape index (κ1) is 32.5. The second-order valence-corrected chi connectivity index (χ2v) is 6.27. The summed E-state index contributed by atoms with van der Waals surface area (Å²) < 4.78 is 175. The molecule has 0 spiro atoms. The summed E-state index contributed by atoms with van der Waals surface area (Å²) in [5.41, 5.74) is 0. The summed E-state index contributed by atoms with van der Waals surface area (Å²) in [4.78, 5) is 21.3. The number of hydrogen-bond donors (Lipinski definition) is 0. The fourth-order valence-electron chi connectivity index (χ4n) is 1.69. The van der Waals surface area contributed by atoms with Crippen LogP contribution < -0.4 is 0 Å². The maximum absolute atomic E-state index is 13.5. The Bertz CT molecular complexity index is 707. The number of halogens is 12. The van der Waals surface area contributed by atoms with Crippen molar-refractivity contribution in [3.05, 3.63) is 25.3 Å². The first-order valence-corrected chi connectivity index (χ1v) is 8.75. The highest BCUT2D eigenvalue weighted by atomic mass is 19.4. The Labute approximate surface area is 188 Å². The Balaban J connectivity index is 5.00. The van der Waals surface area contributed by atoms with Crippen molar-refractivity contribution in [2.45, 2.75) is 42.3 Å². The predicted molar refractivity (Wildman–Crippen MR) is 88.5 cm³/mol. The summed E-state index contributed by atoms with van der Waals surface area (Å²) in [5, 5.41) is 0. The highest BCUT2D eigenvalue weighted by Gasteiger charge is 2.74. The van der Waals surface area contributed by atoms with E-state index in [-0.39, 0.29) is 12.2 Å². The van der Waals surface area contributed by atoms with E-state index in [2.05, 4.69) is 32.1 Å². The van der Waals surface area contributed by atoms with Gasteiger partial charge in [-0.1, -0.05) is 13.2 Å². The summed E-state index contributed by atoms with van der Waals surface area (Å²) >= 11 is 0. The summed E-state index contributed by atoms with van der Waals surface area (Å²) in [5.74, 6) is -27.4. The van der Waals surface area contributed by atoms with E-state index in [0.29, 0.717) is 0 Å². The maximum atomic E-state index is 13.5. The van der Waals surface area contributed by atoms with Crippen molar-refractivity contribution in [3.63, 3.8) is 0 Å². The molecule has 0 aliphatic rings. The zero-order chi connectivity index (χ0) is 27.9. The first-order valence-electron chi connectivity index (χ1n) is 8.75. The van der Waals surface area contributed by atoms with E-state index in [1.807, 2.05) is 0 Å². The van der Waals surface area contributed by atoms with Crippen LogP contribution in [0, 0.1) is 0 Å². The van der Waals surface area contributed by atoms with Crippen molar-refractivity contribution >= 4 is 11.9 Å². The monoisotopic (exact) mass is 544 g/mol. The molecule has 0 N–H and O–H groups in total. The van der Waals surface area contributed by atoms with Crippen LogP contribution in [0.4, 0.5) is 52.7 Å². The molecule has 204 valence electrons. The molecule has 0 rings (SSSR count). The van der Waals surface area contributed by atoms with Gasteiger partial charge in [-0.25, -0.2) is 9.59 Å². The Morgan fingerprint density at radius 3 is 1.14 bits per heavy atom. The lowest BCUT2D eigenvalue weighted by molar-refractivity contribution is -0.407. The van der Waals surface area contributed by atoms with E-state index >= 15 is 0 Å². The van der Waals surface area contributed by atoms with Crippen LogP contribution in [0.25, 0.3) is 0 Å². The van der Waals surface area contributed by atoms with E-state index < -0.39 is 80.7 Å². The molecule has 0 aliphatic heterocycles. The fraction of sp³-hybridized carbons (Fsp3) is 0.647.